The monoisotopic (exact) mass is 189 g/mol. The van der Waals surface area contributed by atoms with Crippen molar-refractivity contribution in [1.29, 1.82) is 0 Å². The smallest absolute Gasteiger partial charge is 0.166 e. The number of nitrogens with two attached hydrogens (primary N) is 1. The van der Waals surface area contributed by atoms with Gasteiger partial charge < -0.3 is 10.5 Å². The Hall–Kier alpha value is -0.800. The first-order chi connectivity index (χ1) is 5.69. The van der Waals surface area contributed by atoms with Gasteiger partial charge in [-0.25, -0.2) is 4.39 Å². The molecular formula is C8H9ClFNO. The molecule has 0 saturated carbocycles. The van der Waals surface area contributed by atoms with Gasteiger partial charge in [-0.2, -0.15) is 0 Å². The lowest BCUT2D eigenvalue weighted by Gasteiger charge is -2.05. The number of halogens is 2. The van der Waals surface area contributed by atoms with Crippen molar-refractivity contribution in [2.24, 2.45) is 5.73 Å². The van der Waals surface area contributed by atoms with Crippen LogP contribution in [0.2, 0.25) is 5.02 Å². The van der Waals surface area contributed by atoms with Crippen LogP contribution in [0.1, 0.15) is 5.56 Å². The molecule has 0 spiro atoms. The van der Waals surface area contributed by atoms with Crippen molar-refractivity contribution in [3.8, 4) is 5.75 Å². The molecule has 0 atom stereocenters. The third-order valence-electron chi connectivity index (χ3n) is 1.54. The highest BCUT2D eigenvalue weighted by molar-refractivity contribution is 6.31. The standard InChI is InChI=1S/C8H9ClFNO/c1-12-8-2-5(4-11)6(9)3-7(8)10/h2-3H,4,11H2,1H3. The molecule has 0 aliphatic rings. The van der Waals surface area contributed by atoms with E-state index < -0.39 is 5.82 Å². The molecule has 66 valence electrons. The molecule has 2 nitrogen and oxygen atoms in total. The summed E-state index contributed by atoms with van der Waals surface area (Å²) in [6.07, 6.45) is 0. The average molecular weight is 190 g/mol. The third-order valence-corrected chi connectivity index (χ3v) is 1.89. The predicted molar refractivity (Wildman–Crippen MR) is 45.9 cm³/mol. The zero-order valence-electron chi connectivity index (χ0n) is 6.60. The van der Waals surface area contributed by atoms with Crippen LogP contribution in [0.4, 0.5) is 4.39 Å². The van der Waals surface area contributed by atoms with E-state index in [9.17, 15) is 4.39 Å². The molecule has 2 N–H and O–H groups in total. The Bertz CT molecular complexity index is 265. The Labute approximate surface area is 75.1 Å². The van der Waals surface area contributed by atoms with E-state index in [4.69, 9.17) is 22.1 Å². The summed E-state index contributed by atoms with van der Waals surface area (Å²) in [6, 6.07) is 2.69. The maximum absolute atomic E-state index is 12.9. The van der Waals surface area contributed by atoms with Gasteiger partial charge in [-0.3, -0.25) is 0 Å². The topological polar surface area (TPSA) is 35.2 Å². The Morgan fingerprint density at radius 2 is 2.25 bits per heavy atom. The van der Waals surface area contributed by atoms with Gasteiger partial charge in [-0.05, 0) is 17.7 Å². The lowest BCUT2D eigenvalue weighted by atomic mass is 10.2. The van der Waals surface area contributed by atoms with Crippen molar-refractivity contribution in [3.63, 3.8) is 0 Å². The first-order valence-electron chi connectivity index (χ1n) is 3.41. The Kier molecular flexibility index (Phi) is 2.89. The average Bonchev–Trinajstić information content (AvgIpc) is 2.05. The highest BCUT2D eigenvalue weighted by Gasteiger charge is 2.06. The summed E-state index contributed by atoms with van der Waals surface area (Å²) in [4.78, 5) is 0. The van der Waals surface area contributed by atoms with Crippen molar-refractivity contribution in [2.45, 2.75) is 6.54 Å². The first-order valence-corrected chi connectivity index (χ1v) is 3.78. The van der Waals surface area contributed by atoms with Crippen LogP contribution < -0.4 is 10.5 Å². The normalized spacial score (nSPS) is 10.0. The number of ether oxygens (including phenoxy) is 1. The van der Waals surface area contributed by atoms with E-state index >= 15 is 0 Å². The predicted octanol–water partition coefficient (Wildman–Crippen LogP) is 1.95. The molecule has 0 aliphatic carbocycles. The number of hydrogen-bond acceptors (Lipinski definition) is 2. The molecule has 0 heterocycles. The number of methoxy groups -OCH3 is 1. The van der Waals surface area contributed by atoms with Crippen molar-refractivity contribution in [3.05, 3.63) is 28.5 Å². The van der Waals surface area contributed by atoms with Crippen molar-refractivity contribution in [1.82, 2.24) is 0 Å². The van der Waals surface area contributed by atoms with E-state index in [1.807, 2.05) is 0 Å². The summed E-state index contributed by atoms with van der Waals surface area (Å²) < 4.78 is 17.7. The fourth-order valence-corrected chi connectivity index (χ4v) is 1.11. The van der Waals surface area contributed by atoms with Crippen LogP contribution in [0.5, 0.6) is 5.75 Å². The van der Waals surface area contributed by atoms with Gasteiger partial charge in [0.25, 0.3) is 0 Å². The molecule has 1 rings (SSSR count). The minimum absolute atomic E-state index is 0.167. The van der Waals surface area contributed by atoms with Crippen LogP contribution in [0, 0.1) is 5.82 Å². The van der Waals surface area contributed by atoms with Crippen LogP contribution in [-0.4, -0.2) is 7.11 Å². The number of rotatable bonds is 2. The summed E-state index contributed by atoms with van der Waals surface area (Å²) in [5.74, 6) is -0.306. The fourth-order valence-electron chi connectivity index (χ4n) is 0.884. The maximum atomic E-state index is 12.9. The van der Waals surface area contributed by atoms with Crippen molar-refractivity contribution >= 4 is 11.6 Å². The fraction of sp³-hybridized carbons (Fsp3) is 0.250. The van der Waals surface area contributed by atoms with Crippen LogP contribution in [0.15, 0.2) is 12.1 Å². The van der Waals surface area contributed by atoms with Gasteiger partial charge in [0.2, 0.25) is 0 Å². The summed E-state index contributed by atoms with van der Waals surface area (Å²) in [6.45, 7) is 0.273. The molecule has 0 aliphatic heterocycles. The second-order valence-corrected chi connectivity index (χ2v) is 2.69. The number of benzene rings is 1. The van der Waals surface area contributed by atoms with Crippen LogP contribution in [-0.2, 0) is 6.54 Å². The lowest BCUT2D eigenvalue weighted by molar-refractivity contribution is 0.386. The van der Waals surface area contributed by atoms with Gasteiger partial charge in [0.15, 0.2) is 11.6 Å². The van der Waals surface area contributed by atoms with Gasteiger partial charge in [-0.1, -0.05) is 11.6 Å². The molecule has 0 aromatic heterocycles. The molecular weight excluding hydrogens is 181 g/mol. The maximum Gasteiger partial charge on any atom is 0.166 e. The van der Waals surface area contributed by atoms with Gasteiger partial charge >= 0.3 is 0 Å². The highest BCUT2D eigenvalue weighted by Crippen LogP contribution is 2.25. The Morgan fingerprint density at radius 1 is 1.58 bits per heavy atom. The lowest BCUT2D eigenvalue weighted by Crippen LogP contribution is -1.99. The molecule has 1 aromatic carbocycles. The van der Waals surface area contributed by atoms with Crippen molar-refractivity contribution < 1.29 is 9.13 Å². The van der Waals surface area contributed by atoms with Gasteiger partial charge in [0.1, 0.15) is 0 Å². The molecule has 4 heteroatoms. The van der Waals surface area contributed by atoms with Gasteiger partial charge in [0, 0.05) is 11.6 Å². The number of hydrogen-bond donors (Lipinski definition) is 1. The molecule has 0 amide bonds. The second-order valence-electron chi connectivity index (χ2n) is 2.28. The minimum atomic E-state index is -0.472. The third kappa shape index (κ3) is 1.68. The SMILES string of the molecule is COc1cc(CN)c(Cl)cc1F. The van der Waals surface area contributed by atoms with E-state index in [0.29, 0.717) is 10.6 Å². The summed E-state index contributed by atoms with van der Waals surface area (Å²) in [5, 5.41) is 0.329. The molecule has 0 bridgehead atoms. The Morgan fingerprint density at radius 3 is 2.75 bits per heavy atom. The minimum Gasteiger partial charge on any atom is -0.494 e. The van der Waals surface area contributed by atoms with Crippen molar-refractivity contribution in [2.75, 3.05) is 7.11 Å². The van der Waals surface area contributed by atoms with E-state index in [-0.39, 0.29) is 12.3 Å². The van der Waals surface area contributed by atoms with E-state index in [0.717, 1.165) is 0 Å². The summed E-state index contributed by atoms with van der Waals surface area (Å²) in [7, 11) is 1.40. The quantitative estimate of drug-likeness (QED) is 0.772. The molecule has 0 unspecified atom stereocenters. The molecule has 0 radical (unpaired) electrons. The van der Waals surface area contributed by atoms with Gasteiger partial charge in [0.05, 0.1) is 7.11 Å². The van der Waals surface area contributed by atoms with Gasteiger partial charge in [-0.15, -0.1) is 0 Å². The van der Waals surface area contributed by atoms with Crippen LogP contribution >= 0.6 is 11.6 Å². The van der Waals surface area contributed by atoms with Crippen LogP contribution in [0.3, 0.4) is 0 Å². The van der Waals surface area contributed by atoms with E-state index in [1.165, 1.54) is 19.2 Å². The summed E-state index contributed by atoms with van der Waals surface area (Å²) >= 11 is 5.68. The molecule has 0 saturated heterocycles. The second kappa shape index (κ2) is 3.74. The first kappa shape index (κ1) is 9.29. The molecule has 12 heavy (non-hydrogen) atoms. The zero-order chi connectivity index (χ0) is 9.14. The molecule has 1 aromatic rings. The Balaban J connectivity index is 3.18. The largest absolute Gasteiger partial charge is 0.494 e. The summed E-state index contributed by atoms with van der Waals surface area (Å²) in [5.41, 5.74) is 6.04. The zero-order valence-corrected chi connectivity index (χ0v) is 7.36. The van der Waals surface area contributed by atoms with Crippen LogP contribution in [0.25, 0.3) is 0 Å². The van der Waals surface area contributed by atoms with E-state index in [2.05, 4.69) is 0 Å². The van der Waals surface area contributed by atoms with E-state index in [1.54, 1.807) is 0 Å². The highest BCUT2D eigenvalue weighted by atomic mass is 35.5. The molecule has 0 fully saturated rings.